The van der Waals surface area contributed by atoms with Crippen molar-refractivity contribution in [3.8, 4) is 0 Å². The van der Waals surface area contributed by atoms with Crippen LogP contribution in [0, 0.1) is 12.3 Å². The molecule has 1 aliphatic carbocycles. The maximum atomic E-state index is 4.69. The summed E-state index contributed by atoms with van der Waals surface area (Å²) in [5.41, 5.74) is 1.60. The average molecular weight is 280 g/mol. The molecule has 1 aromatic rings. The van der Waals surface area contributed by atoms with Gasteiger partial charge in [-0.15, -0.1) is 11.3 Å². The van der Waals surface area contributed by atoms with Crippen LogP contribution in [0.4, 0.5) is 0 Å². The molecule has 2 nitrogen and oxygen atoms in total. The van der Waals surface area contributed by atoms with E-state index in [1.54, 1.807) is 0 Å². The minimum Gasteiger partial charge on any atom is -0.313 e. The molecular formula is C16H28N2S. The molecular weight excluding hydrogens is 252 g/mol. The molecule has 2 rings (SSSR count). The number of unbranched alkanes of at least 4 members (excludes halogenated alkanes) is 1. The van der Waals surface area contributed by atoms with Gasteiger partial charge >= 0.3 is 0 Å². The highest BCUT2D eigenvalue weighted by Crippen LogP contribution is 2.34. The summed E-state index contributed by atoms with van der Waals surface area (Å²) < 4.78 is 0. The Labute approximate surface area is 122 Å². The summed E-state index contributed by atoms with van der Waals surface area (Å²) in [5.74, 6) is 0. The summed E-state index contributed by atoms with van der Waals surface area (Å²) in [6, 6.07) is 0.811. The molecule has 0 amide bonds. The number of thiazole rings is 1. The van der Waals surface area contributed by atoms with E-state index < -0.39 is 0 Å². The molecule has 0 radical (unpaired) electrons. The highest BCUT2D eigenvalue weighted by atomic mass is 32.1. The van der Waals surface area contributed by atoms with Gasteiger partial charge in [-0.2, -0.15) is 0 Å². The van der Waals surface area contributed by atoms with Crippen molar-refractivity contribution in [1.82, 2.24) is 10.3 Å². The van der Waals surface area contributed by atoms with E-state index in [2.05, 4.69) is 36.5 Å². The first kappa shape index (κ1) is 15.0. The topological polar surface area (TPSA) is 24.9 Å². The quantitative estimate of drug-likeness (QED) is 0.728. The number of rotatable bonds is 9. The molecule has 1 unspecified atom stereocenters. The van der Waals surface area contributed by atoms with Gasteiger partial charge in [-0.05, 0) is 38.0 Å². The van der Waals surface area contributed by atoms with Crippen LogP contribution in [0.25, 0.3) is 0 Å². The molecule has 3 heteroatoms. The van der Waals surface area contributed by atoms with Crippen molar-refractivity contribution in [2.24, 2.45) is 5.41 Å². The number of aryl methyl sites for hydroxylation is 1. The Morgan fingerprint density at radius 1 is 1.42 bits per heavy atom. The Bertz CT molecular complexity index is 384. The third kappa shape index (κ3) is 4.57. The van der Waals surface area contributed by atoms with Crippen molar-refractivity contribution in [2.45, 2.75) is 71.8 Å². The molecule has 108 valence electrons. The third-order valence-electron chi connectivity index (χ3n) is 4.35. The Hall–Kier alpha value is -0.410. The first-order chi connectivity index (χ1) is 9.17. The lowest BCUT2D eigenvalue weighted by Gasteiger charge is -2.33. The van der Waals surface area contributed by atoms with Gasteiger partial charge in [0, 0.05) is 30.1 Å². The van der Waals surface area contributed by atoms with Crippen LogP contribution in [0.5, 0.6) is 0 Å². The second-order valence-corrected chi connectivity index (χ2v) is 7.11. The van der Waals surface area contributed by atoms with Crippen molar-refractivity contribution in [1.29, 1.82) is 0 Å². The van der Waals surface area contributed by atoms with E-state index in [0.717, 1.165) is 12.5 Å². The fourth-order valence-electron chi connectivity index (χ4n) is 2.67. The predicted molar refractivity (Wildman–Crippen MR) is 83.8 cm³/mol. The van der Waals surface area contributed by atoms with Gasteiger partial charge in [0.05, 0.1) is 5.01 Å². The number of hydrogen-bond donors (Lipinski definition) is 1. The smallest absolute Gasteiger partial charge is 0.0934 e. The highest BCUT2D eigenvalue weighted by Gasteiger charge is 2.31. The largest absolute Gasteiger partial charge is 0.313 e. The zero-order valence-corrected chi connectivity index (χ0v) is 13.5. The maximum Gasteiger partial charge on any atom is 0.0934 e. The standard InChI is InChI=1S/C16H28N2S/c1-4-6-9-16(5-2,12-17-14-7-8-14)10-15-18-13(3)11-19-15/h11,14,17H,4-10,12H2,1-3H3. The molecule has 1 saturated carbocycles. The van der Waals surface area contributed by atoms with Crippen LogP contribution in [-0.4, -0.2) is 17.6 Å². The fourth-order valence-corrected chi connectivity index (χ4v) is 3.62. The van der Waals surface area contributed by atoms with E-state index >= 15 is 0 Å². The Morgan fingerprint density at radius 2 is 2.21 bits per heavy atom. The van der Waals surface area contributed by atoms with Gasteiger partial charge in [-0.1, -0.05) is 26.7 Å². The molecule has 1 N–H and O–H groups in total. The Balaban J connectivity index is 2.00. The van der Waals surface area contributed by atoms with Gasteiger partial charge in [-0.25, -0.2) is 4.98 Å². The molecule has 1 fully saturated rings. The van der Waals surface area contributed by atoms with Crippen LogP contribution in [-0.2, 0) is 6.42 Å². The first-order valence-electron chi connectivity index (χ1n) is 7.82. The molecule has 1 heterocycles. The molecule has 19 heavy (non-hydrogen) atoms. The second kappa shape index (κ2) is 6.85. The van der Waals surface area contributed by atoms with E-state index in [-0.39, 0.29) is 0 Å². The van der Waals surface area contributed by atoms with Crippen molar-refractivity contribution in [3.05, 3.63) is 16.1 Å². The molecule has 1 aromatic heterocycles. The number of nitrogens with one attached hydrogen (secondary N) is 1. The summed E-state index contributed by atoms with van der Waals surface area (Å²) in [4.78, 5) is 4.69. The summed E-state index contributed by atoms with van der Waals surface area (Å²) in [6.07, 6.45) is 9.13. The van der Waals surface area contributed by atoms with E-state index in [9.17, 15) is 0 Å². The van der Waals surface area contributed by atoms with Crippen LogP contribution >= 0.6 is 11.3 Å². The number of aromatic nitrogens is 1. The van der Waals surface area contributed by atoms with Crippen LogP contribution in [0.15, 0.2) is 5.38 Å². The van der Waals surface area contributed by atoms with Gasteiger partial charge in [-0.3, -0.25) is 0 Å². The van der Waals surface area contributed by atoms with Gasteiger partial charge < -0.3 is 5.32 Å². The Kier molecular flexibility index (Phi) is 5.40. The van der Waals surface area contributed by atoms with Gasteiger partial charge in [0.1, 0.15) is 0 Å². The molecule has 0 spiro atoms. The lowest BCUT2D eigenvalue weighted by molar-refractivity contribution is 0.228. The third-order valence-corrected chi connectivity index (χ3v) is 5.31. The molecule has 0 aromatic carbocycles. The monoisotopic (exact) mass is 280 g/mol. The summed E-state index contributed by atoms with van der Waals surface area (Å²) in [6.45, 7) is 7.92. The molecule has 0 saturated heterocycles. The highest BCUT2D eigenvalue weighted by molar-refractivity contribution is 7.09. The SMILES string of the molecule is CCCCC(CC)(CNC1CC1)Cc1nc(C)cs1. The van der Waals surface area contributed by atoms with Crippen molar-refractivity contribution < 1.29 is 0 Å². The summed E-state index contributed by atoms with van der Waals surface area (Å²) in [5, 5.41) is 7.27. The van der Waals surface area contributed by atoms with Crippen molar-refractivity contribution in [3.63, 3.8) is 0 Å². The van der Waals surface area contributed by atoms with Crippen LogP contribution in [0.1, 0.15) is 63.1 Å². The molecule has 0 bridgehead atoms. The average Bonchev–Trinajstić information content (AvgIpc) is 3.16. The Morgan fingerprint density at radius 3 is 2.74 bits per heavy atom. The van der Waals surface area contributed by atoms with Crippen molar-refractivity contribution >= 4 is 11.3 Å². The minimum absolute atomic E-state index is 0.420. The van der Waals surface area contributed by atoms with E-state index in [4.69, 9.17) is 0 Å². The van der Waals surface area contributed by atoms with E-state index in [0.29, 0.717) is 5.41 Å². The maximum absolute atomic E-state index is 4.69. The fraction of sp³-hybridized carbons (Fsp3) is 0.812. The lowest BCUT2D eigenvalue weighted by Crippen LogP contribution is -2.37. The van der Waals surface area contributed by atoms with Crippen molar-refractivity contribution in [2.75, 3.05) is 6.54 Å². The van der Waals surface area contributed by atoms with Gasteiger partial charge in [0.25, 0.3) is 0 Å². The number of nitrogens with zero attached hydrogens (tertiary/aromatic N) is 1. The predicted octanol–water partition coefficient (Wildman–Crippen LogP) is 4.33. The summed E-state index contributed by atoms with van der Waals surface area (Å²) >= 11 is 1.84. The molecule has 1 atom stereocenters. The molecule has 1 aliphatic rings. The summed E-state index contributed by atoms with van der Waals surface area (Å²) in [7, 11) is 0. The normalized spacial score (nSPS) is 18.5. The minimum atomic E-state index is 0.420. The zero-order chi connectivity index (χ0) is 13.7. The van der Waals surface area contributed by atoms with Crippen LogP contribution in [0.2, 0.25) is 0 Å². The van der Waals surface area contributed by atoms with Crippen LogP contribution in [0.3, 0.4) is 0 Å². The second-order valence-electron chi connectivity index (χ2n) is 6.17. The number of hydrogen-bond acceptors (Lipinski definition) is 3. The molecule has 0 aliphatic heterocycles. The van der Waals surface area contributed by atoms with Gasteiger partial charge in [0.2, 0.25) is 0 Å². The first-order valence-corrected chi connectivity index (χ1v) is 8.70. The lowest BCUT2D eigenvalue weighted by atomic mass is 9.77. The zero-order valence-electron chi connectivity index (χ0n) is 12.7. The van der Waals surface area contributed by atoms with E-state index in [1.165, 1.54) is 55.8 Å². The van der Waals surface area contributed by atoms with Crippen LogP contribution < -0.4 is 5.32 Å². The van der Waals surface area contributed by atoms with Gasteiger partial charge in [0.15, 0.2) is 0 Å². The van der Waals surface area contributed by atoms with E-state index in [1.807, 2.05) is 11.3 Å².